The van der Waals surface area contributed by atoms with Crippen LogP contribution in [0.3, 0.4) is 0 Å². The first kappa shape index (κ1) is 9.99. The number of nitrogens with two attached hydrogens (primary N) is 1. The fourth-order valence-corrected chi connectivity index (χ4v) is 1.54. The summed E-state index contributed by atoms with van der Waals surface area (Å²) in [6, 6.07) is 0. The van der Waals surface area contributed by atoms with E-state index >= 15 is 0 Å². The zero-order valence-corrected chi connectivity index (χ0v) is 8.38. The predicted octanol–water partition coefficient (Wildman–Crippen LogP) is 1.19. The lowest BCUT2D eigenvalue weighted by Crippen LogP contribution is -2.05. The predicted molar refractivity (Wildman–Crippen MR) is 54.7 cm³/mol. The highest BCUT2D eigenvalue weighted by atomic mass is 15.3. The highest BCUT2D eigenvalue weighted by Gasteiger charge is 2.08. The van der Waals surface area contributed by atoms with E-state index in [2.05, 4.69) is 18.6 Å². The summed E-state index contributed by atoms with van der Waals surface area (Å²) in [5.41, 5.74) is 9.10. The second-order valence-corrected chi connectivity index (χ2v) is 3.16. The zero-order valence-electron chi connectivity index (χ0n) is 8.38. The van der Waals surface area contributed by atoms with Crippen molar-refractivity contribution in [3.8, 4) is 0 Å². The van der Waals surface area contributed by atoms with E-state index in [0.717, 1.165) is 18.7 Å². The second-order valence-electron chi connectivity index (χ2n) is 3.16. The Morgan fingerprint density at radius 3 is 2.77 bits per heavy atom. The lowest BCUT2D eigenvalue weighted by atomic mass is 10.1. The summed E-state index contributed by atoms with van der Waals surface area (Å²) in [6.45, 7) is 9.26. The van der Waals surface area contributed by atoms with Gasteiger partial charge in [0, 0.05) is 5.69 Å². The highest BCUT2D eigenvalue weighted by Crippen LogP contribution is 2.12. The average Bonchev–Trinajstić information content (AvgIpc) is 2.34. The summed E-state index contributed by atoms with van der Waals surface area (Å²) in [7, 11) is 0. The quantitative estimate of drug-likeness (QED) is 0.705. The van der Waals surface area contributed by atoms with Crippen molar-refractivity contribution in [3.05, 3.63) is 29.6 Å². The Morgan fingerprint density at radius 2 is 2.23 bits per heavy atom. The van der Waals surface area contributed by atoms with Gasteiger partial charge in [-0.1, -0.05) is 6.08 Å². The number of hydrogen-bond acceptors (Lipinski definition) is 2. The van der Waals surface area contributed by atoms with Crippen molar-refractivity contribution in [2.24, 2.45) is 5.73 Å². The van der Waals surface area contributed by atoms with Gasteiger partial charge < -0.3 is 5.73 Å². The SMILES string of the molecule is C=CCn1nc(C)c(CCN)c1C. The van der Waals surface area contributed by atoms with Gasteiger partial charge in [0.05, 0.1) is 12.2 Å². The van der Waals surface area contributed by atoms with Crippen molar-refractivity contribution in [2.75, 3.05) is 6.54 Å². The van der Waals surface area contributed by atoms with E-state index in [1.54, 1.807) is 0 Å². The third-order valence-corrected chi connectivity index (χ3v) is 2.23. The molecule has 0 aromatic carbocycles. The van der Waals surface area contributed by atoms with Crippen LogP contribution in [-0.2, 0) is 13.0 Å². The van der Waals surface area contributed by atoms with Crippen molar-refractivity contribution in [1.82, 2.24) is 9.78 Å². The van der Waals surface area contributed by atoms with Crippen LogP contribution in [0.5, 0.6) is 0 Å². The van der Waals surface area contributed by atoms with E-state index in [9.17, 15) is 0 Å². The van der Waals surface area contributed by atoms with Crippen LogP contribution in [-0.4, -0.2) is 16.3 Å². The van der Waals surface area contributed by atoms with Gasteiger partial charge in [-0.2, -0.15) is 5.10 Å². The molecule has 1 aromatic heterocycles. The van der Waals surface area contributed by atoms with Crippen molar-refractivity contribution in [2.45, 2.75) is 26.8 Å². The van der Waals surface area contributed by atoms with Gasteiger partial charge in [-0.05, 0) is 32.4 Å². The van der Waals surface area contributed by atoms with E-state index < -0.39 is 0 Å². The number of rotatable bonds is 4. The molecule has 0 atom stereocenters. The molecule has 0 bridgehead atoms. The van der Waals surface area contributed by atoms with E-state index in [-0.39, 0.29) is 0 Å². The van der Waals surface area contributed by atoms with Crippen molar-refractivity contribution >= 4 is 0 Å². The molecule has 0 aliphatic carbocycles. The number of allylic oxidation sites excluding steroid dienone is 1. The molecule has 1 rings (SSSR count). The average molecular weight is 179 g/mol. The molecule has 0 fully saturated rings. The molecule has 0 aliphatic rings. The molecule has 13 heavy (non-hydrogen) atoms. The van der Waals surface area contributed by atoms with Gasteiger partial charge in [0.15, 0.2) is 0 Å². The van der Waals surface area contributed by atoms with Gasteiger partial charge in [-0.25, -0.2) is 0 Å². The summed E-state index contributed by atoms with van der Waals surface area (Å²) >= 11 is 0. The number of nitrogens with zero attached hydrogens (tertiary/aromatic N) is 2. The van der Waals surface area contributed by atoms with Gasteiger partial charge >= 0.3 is 0 Å². The summed E-state index contributed by atoms with van der Waals surface area (Å²) in [4.78, 5) is 0. The van der Waals surface area contributed by atoms with Crippen LogP contribution in [0.4, 0.5) is 0 Å². The van der Waals surface area contributed by atoms with Crippen LogP contribution in [0.1, 0.15) is 17.0 Å². The minimum absolute atomic E-state index is 0.682. The molecule has 3 nitrogen and oxygen atoms in total. The third kappa shape index (κ3) is 1.98. The molecule has 1 heterocycles. The fourth-order valence-electron chi connectivity index (χ4n) is 1.54. The molecule has 2 N–H and O–H groups in total. The molecular formula is C10H17N3. The molecule has 72 valence electrons. The molecule has 0 unspecified atom stereocenters. The summed E-state index contributed by atoms with van der Waals surface area (Å²) in [5, 5.41) is 4.41. The fraction of sp³-hybridized carbons (Fsp3) is 0.500. The number of aryl methyl sites for hydroxylation is 1. The van der Waals surface area contributed by atoms with Crippen LogP contribution >= 0.6 is 0 Å². The van der Waals surface area contributed by atoms with Crippen LogP contribution in [0.15, 0.2) is 12.7 Å². The largest absolute Gasteiger partial charge is 0.330 e. The first-order valence-electron chi connectivity index (χ1n) is 4.54. The van der Waals surface area contributed by atoms with Crippen LogP contribution < -0.4 is 5.73 Å². The maximum absolute atomic E-state index is 5.52. The van der Waals surface area contributed by atoms with Crippen molar-refractivity contribution in [3.63, 3.8) is 0 Å². The van der Waals surface area contributed by atoms with Gasteiger partial charge in [-0.3, -0.25) is 4.68 Å². The van der Waals surface area contributed by atoms with E-state index in [0.29, 0.717) is 6.54 Å². The van der Waals surface area contributed by atoms with Crippen molar-refractivity contribution in [1.29, 1.82) is 0 Å². The Bertz CT molecular complexity index is 299. The third-order valence-electron chi connectivity index (χ3n) is 2.23. The number of aromatic nitrogens is 2. The molecular weight excluding hydrogens is 162 g/mol. The van der Waals surface area contributed by atoms with E-state index in [1.807, 2.05) is 17.7 Å². The van der Waals surface area contributed by atoms with Gasteiger partial charge in [-0.15, -0.1) is 6.58 Å². The maximum atomic E-state index is 5.52. The monoisotopic (exact) mass is 179 g/mol. The molecule has 3 heteroatoms. The normalized spacial score (nSPS) is 10.4. The Morgan fingerprint density at radius 1 is 1.54 bits per heavy atom. The molecule has 0 aliphatic heterocycles. The molecule has 0 saturated heterocycles. The van der Waals surface area contributed by atoms with Gasteiger partial charge in [0.2, 0.25) is 0 Å². The summed E-state index contributed by atoms with van der Waals surface area (Å²) in [5.74, 6) is 0. The van der Waals surface area contributed by atoms with Crippen LogP contribution in [0, 0.1) is 13.8 Å². The first-order valence-corrected chi connectivity index (χ1v) is 4.54. The maximum Gasteiger partial charge on any atom is 0.0629 e. The smallest absolute Gasteiger partial charge is 0.0629 e. The Labute approximate surface area is 79.2 Å². The Kier molecular flexibility index (Phi) is 3.25. The highest BCUT2D eigenvalue weighted by molar-refractivity contribution is 5.24. The van der Waals surface area contributed by atoms with Gasteiger partial charge in [0.25, 0.3) is 0 Å². The van der Waals surface area contributed by atoms with E-state index in [4.69, 9.17) is 5.73 Å². The minimum Gasteiger partial charge on any atom is -0.330 e. The number of hydrogen-bond donors (Lipinski definition) is 1. The summed E-state index contributed by atoms with van der Waals surface area (Å²) < 4.78 is 1.97. The summed E-state index contributed by atoms with van der Waals surface area (Å²) in [6.07, 6.45) is 2.76. The molecule has 0 saturated carbocycles. The minimum atomic E-state index is 0.682. The molecule has 1 aromatic rings. The Balaban J connectivity index is 2.99. The van der Waals surface area contributed by atoms with Crippen molar-refractivity contribution < 1.29 is 0 Å². The standard InChI is InChI=1S/C10H17N3/c1-4-7-13-9(3)10(5-6-11)8(2)12-13/h4H,1,5-7,11H2,2-3H3. The Hall–Kier alpha value is -1.09. The molecule has 0 spiro atoms. The van der Waals surface area contributed by atoms with Gasteiger partial charge in [0.1, 0.15) is 0 Å². The van der Waals surface area contributed by atoms with Crippen LogP contribution in [0.2, 0.25) is 0 Å². The molecule has 0 radical (unpaired) electrons. The zero-order chi connectivity index (χ0) is 9.84. The second kappa shape index (κ2) is 4.23. The van der Waals surface area contributed by atoms with E-state index in [1.165, 1.54) is 11.3 Å². The topological polar surface area (TPSA) is 43.8 Å². The lowest BCUT2D eigenvalue weighted by Gasteiger charge is -2.00. The first-order chi connectivity index (χ1) is 6.20. The lowest BCUT2D eigenvalue weighted by molar-refractivity contribution is 0.672. The van der Waals surface area contributed by atoms with Crippen LogP contribution in [0.25, 0.3) is 0 Å². The molecule has 0 amide bonds.